The smallest absolute Gasteiger partial charge is 0.219 e. The van der Waals surface area contributed by atoms with Crippen molar-refractivity contribution in [3.05, 3.63) is 0 Å². The topological polar surface area (TPSA) is 69.2 Å². The molecule has 0 atom stereocenters. The molecule has 1 fully saturated rings. The molecule has 1 rings (SSSR count). The van der Waals surface area contributed by atoms with Gasteiger partial charge in [0.25, 0.3) is 0 Å². The second-order valence-corrected chi connectivity index (χ2v) is 5.32. The Morgan fingerprint density at radius 2 is 1.83 bits per heavy atom. The van der Waals surface area contributed by atoms with Crippen molar-refractivity contribution in [2.75, 3.05) is 66.1 Å². The molecule has 0 aromatic rings. The van der Waals surface area contributed by atoms with E-state index in [9.17, 15) is 4.79 Å². The summed E-state index contributed by atoms with van der Waals surface area (Å²) < 4.78 is 5.30. The van der Waals surface area contributed by atoms with Gasteiger partial charge in [0.05, 0.1) is 0 Å². The van der Waals surface area contributed by atoms with Crippen LogP contribution in [0.15, 0.2) is 4.99 Å². The second kappa shape index (κ2) is 13.8. The third-order valence-electron chi connectivity index (χ3n) is 3.72. The van der Waals surface area contributed by atoms with Crippen LogP contribution in [0.1, 0.15) is 20.3 Å². The van der Waals surface area contributed by atoms with E-state index < -0.39 is 0 Å². The number of halogens is 1. The van der Waals surface area contributed by atoms with Crippen molar-refractivity contribution >= 4 is 35.8 Å². The zero-order valence-electron chi connectivity index (χ0n) is 14.6. The van der Waals surface area contributed by atoms with Crippen molar-refractivity contribution in [3.63, 3.8) is 0 Å². The number of aliphatic imine (C=N–C) groups is 1. The quantitative estimate of drug-likeness (QED) is 0.247. The van der Waals surface area contributed by atoms with Gasteiger partial charge < -0.3 is 20.3 Å². The fourth-order valence-corrected chi connectivity index (χ4v) is 2.36. The molecular weight excluding hydrogens is 409 g/mol. The molecule has 0 aliphatic carbocycles. The Morgan fingerprint density at radius 3 is 2.39 bits per heavy atom. The number of nitrogens with zero attached hydrogens (tertiary/aromatic N) is 3. The number of hydrogen-bond donors (Lipinski definition) is 2. The van der Waals surface area contributed by atoms with E-state index in [1.165, 1.54) is 0 Å². The van der Waals surface area contributed by atoms with Crippen LogP contribution in [0.25, 0.3) is 0 Å². The van der Waals surface area contributed by atoms with Crippen LogP contribution in [0, 0.1) is 0 Å². The molecule has 0 saturated carbocycles. The molecule has 0 radical (unpaired) electrons. The van der Waals surface area contributed by atoms with E-state index in [-0.39, 0.29) is 29.9 Å². The van der Waals surface area contributed by atoms with Gasteiger partial charge in [-0.15, -0.1) is 24.0 Å². The zero-order valence-corrected chi connectivity index (χ0v) is 17.0. The summed E-state index contributed by atoms with van der Waals surface area (Å²) in [7, 11) is 1.78. The van der Waals surface area contributed by atoms with Crippen LogP contribution in [0.4, 0.5) is 0 Å². The number of amides is 1. The number of carbonyl (C=O) groups excluding carboxylic acids is 1. The van der Waals surface area contributed by atoms with Gasteiger partial charge in [-0.2, -0.15) is 0 Å². The number of rotatable bonds is 8. The van der Waals surface area contributed by atoms with Crippen molar-refractivity contribution in [1.29, 1.82) is 0 Å². The minimum atomic E-state index is 0. The van der Waals surface area contributed by atoms with E-state index in [2.05, 4.69) is 20.5 Å². The van der Waals surface area contributed by atoms with Crippen LogP contribution in [-0.4, -0.2) is 87.7 Å². The molecule has 7 nitrogen and oxygen atoms in total. The number of piperazine rings is 1. The van der Waals surface area contributed by atoms with Gasteiger partial charge in [-0.3, -0.25) is 14.7 Å². The lowest BCUT2D eigenvalue weighted by Crippen LogP contribution is -2.50. The molecule has 1 aliphatic rings. The highest BCUT2D eigenvalue weighted by atomic mass is 127. The Balaban J connectivity index is 0.00000484. The number of guanidine groups is 1. The van der Waals surface area contributed by atoms with E-state index in [0.717, 1.165) is 71.4 Å². The number of carbonyl (C=O) groups is 1. The van der Waals surface area contributed by atoms with Crippen LogP contribution in [-0.2, 0) is 9.53 Å². The summed E-state index contributed by atoms with van der Waals surface area (Å²) in [4.78, 5) is 19.8. The monoisotopic (exact) mass is 441 g/mol. The van der Waals surface area contributed by atoms with E-state index >= 15 is 0 Å². The zero-order chi connectivity index (χ0) is 16.2. The van der Waals surface area contributed by atoms with Crippen molar-refractivity contribution in [2.45, 2.75) is 20.3 Å². The SMILES string of the molecule is CCOCCCNC(=NC)NCCN1CCN(C(C)=O)CC1.I. The third kappa shape index (κ3) is 9.98. The van der Waals surface area contributed by atoms with Gasteiger partial charge in [-0.25, -0.2) is 0 Å². The summed E-state index contributed by atoms with van der Waals surface area (Å²) in [5.74, 6) is 1.01. The molecule has 0 bridgehead atoms. The number of hydrogen-bond acceptors (Lipinski definition) is 4. The largest absolute Gasteiger partial charge is 0.382 e. The number of nitrogens with one attached hydrogen (secondary N) is 2. The first-order valence-electron chi connectivity index (χ1n) is 8.17. The fourth-order valence-electron chi connectivity index (χ4n) is 2.36. The first-order valence-corrected chi connectivity index (χ1v) is 8.17. The highest BCUT2D eigenvalue weighted by Crippen LogP contribution is 2.00. The number of ether oxygens (including phenoxy) is 1. The summed E-state index contributed by atoms with van der Waals surface area (Å²) in [5.41, 5.74) is 0. The molecular formula is C15H32IN5O2. The van der Waals surface area contributed by atoms with Crippen LogP contribution < -0.4 is 10.6 Å². The molecule has 0 aromatic heterocycles. The van der Waals surface area contributed by atoms with Gasteiger partial charge in [-0.1, -0.05) is 0 Å². The van der Waals surface area contributed by atoms with Gasteiger partial charge in [0, 0.05) is 73.0 Å². The maximum atomic E-state index is 11.3. The Bertz CT molecular complexity index is 347. The highest BCUT2D eigenvalue weighted by molar-refractivity contribution is 14.0. The third-order valence-corrected chi connectivity index (χ3v) is 3.72. The second-order valence-electron chi connectivity index (χ2n) is 5.32. The average molecular weight is 441 g/mol. The molecule has 1 saturated heterocycles. The summed E-state index contributed by atoms with van der Waals surface area (Å²) >= 11 is 0. The maximum absolute atomic E-state index is 11.3. The first kappa shape index (κ1) is 22.4. The van der Waals surface area contributed by atoms with Crippen LogP contribution in [0.3, 0.4) is 0 Å². The van der Waals surface area contributed by atoms with Crippen molar-refractivity contribution < 1.29 is 9.53 Å². The normalized spacial score (nSPS) is 16.0. The van der Waals surface area contributed by atoms with Crippen molar-refractivity contribution in [2.24, 2.45) is 4.99 Å². The molecule has 1 amide bonds. The summed E-state index contributed by atoms with van der Waals surface area (Å²) in [6.45, 7) is 11.4. The Hall–Kier alpha value is -0.610. The molecule has 23 heavy (non-hydrogen) atoms. The summed E-state index contributed by atoms with van der Waals surface area (Å²) in [6, 6.07) is 0. The van der Waals surface area contributed by atoms with Gasteiger partial charge in [0.2, 0.25) is 5.91 Å². The lowest BCUT2D eigenvalue weighted by atomic mass is 10.3. The lowest BCUT2D eigenvalue weighted by molar-refractivity contribution is -0.130. The van der Waals surface area contributed by atoms with Crippen LogP contribution in [0.2, 0.25) is 0 Å². The van der Waals surface area contributed by atoms with Crippen LogP contribution in [0.5, 0.6) is 0 Å². The van der Waals surface area contributed by atoms with Crippen molar-refractivity contribution in [3.8, 4) is 0 Å². The summed E-state index contributed by atoms with van der Waals surface area (Å²) in [5, 5.41) is 6.59. The van der Waals surface area contributed by atoms with E-state index in [4.69, 9.17) is 4.74 Å². The Labute approximate surface area is 157 Å². The van der Waals surface area contributed by atoms with Crippen LogP contribution >= 0.6 is 24.0 Å². The molecule has 2 N–H and O–H groups in total. The molecule has 0 unspecified atom stereocenters. The predicted octanol–water partition coefficient (Wildman–Crippen LogP) is 0.360. The lowest BCUT2D eigenvalue weighted by Gasteiger charge is -2.34. The van der Waals surface area contributed by atoms with Crippen molar-refractivity contribution in [1.82, 2.24) is 20.4 Å². The average Bonchev–Trinajstić information content (AvgIpc) is 2.53. The Morgan fingerprint density at radius 1 is 1.17 bits per heavy atom. The fraction of sp³-hybridized carbons (Fsp3) is 0.867. The van der Waals surface area contributed by atoms with Gasteiger partial charge >= 0.3 is 0 Å². The molecule has 136 valence electrons. The van der Waals surface area contributed by atoms with E-state index in [1.807, 2.05) is 11.8 Å². The first-order chi connectivity index (χ1) is 10.7. The molecule has 1 heterocycles. The molecule has 0 spiro atoms. The van der Waals surface area contributed by atoms with E-state index in [0.29, 0.717) is 0 Å². The standard InChI is InChI=1S/C15H31N5O2.HI/c1-4-22-13-5-6-17-15(16-3)18-7-8-19-9-11-20(12-10-19)14(2)21;/h4-13H2,1-3H3,(H2,16,17,18);1H. The minimum Gasteiger partial charge on any atom is -0.382 e. The minimum absolute atomic E-state index is 0. The predicted molar refractivity (Wildman–Crippen MR) is 105 cm³/mol. The van der Waals surface area contributed by atoms with Gasteiger partial charge in [0.15, 0.2) is 5.96 Å². The molecule has 0 aromatic carbocycles. The molecule has 8 heteroatoms. The van der Waals surface area contributed by atoms with E-state index in [1.54, 1.807) is 14.0 Å². The molecule has 1 aliphatic heterocycles. The Kier molecular flexibility index (Phi) is 13.4. The summed E-state index contributed by atoms with van der Waals surface area (Å²) in [6.07, 6.45) is 0.974. The van der Waals surface area contributed by atoms with Gasteiger partial charge in [-0.05, 0) is 13.3 Å². The van der Waals surface area contributed by atoms with Gasteiger partial charge in [0.1, 0.15) is 0 Å². The highest BCUT2D eigenvalue weighted by Gasteiger charge is 2.17. The maximum Gasteiger partial charge on any atom is 0.219 e.